The van der Waals surface area contributed by atoms with Crippen molar-refractivity contribution in [3.05, 3.63) is 184 Å². The average Bonchev–Trinajstić information content (AvgIpc) is 3.23. The third kappa shape index (κ3) is 34.9. The van der Waals surface area contributed by atoms with Gasteiger partial charge in [-0.25, -0.2) is 0 Å². The molecule has 0 saturated carbocycles. The van der Waals surface area contributed by atoms with E-state index in [1.165, 1.54) is 67.6 Å². The summed E-state index contributed by atoms with van der Waals surface area (Å²) in [4.78, 5) is 7.05. The molecule has 57 heavy (non-hydrogen) atoms. The third-order valence-electron chi connectivity index (χ3n) is 7.46. The first-order valence-corrected chi connectivity index (χ1v) is 22.7. The summed E-state index contributed by atoms with van der Waals surface area (Å²) in [5.74, 6) is 3.28. The largest absolute Gasteiger partial charge is 0.487 e. The fraction of sp³-hybridized carbons (Fsp3) is 0.377. The zero-order valence-corrected chi connectivity index (χ0v) is 39.7. The molecule has 0 unspecified atom stereocenters. The normalized spacial score (nSPS) is 10.3. The quantitative estimate of drug-likeness (QED) is 0.0935. The first-order chi connectivity index (χ1) is 27.5. The second kappa shape index (κ2) is 38.9. The molecular weight excluding hydrogens is 731 g/mol. The Balaban J connectivity index is 0. The van der Waals surface area contributed by atoms with E-state index >= 15 is 0 Å². The molecule has 0 aliphatic rings. The molecule has 0 atom stereocenters. The van der Waals surface area contributed by atoms with Gasteiger partial charge >= 0.3 is 0 Å². The minimum Gasteiger partial charge on any atom is -0.487 e. The van der Waals surface area contributed by atoms with Crippen LogP contribution in [0.2, 0.25) is 0 Å². The highest BCUT2D eigenvalue weighted by Crippen LogP contribution is 2.19. The van der Waals surface area contributed by atoms with Crippen molar-refractivity contribution in [2.45, 2.75) is 127 Å². The monoisotopic (exact) mass is 808 g/mol. The van der Waals surface area contributed by atoms with Crippen molar-refractivity contribution in [1.29, 1.82) is 0 Å². The number of aryl methyl sites for hydroxylation is 3. The second-order valence-corrected chi connectivity index (χ2v) is 15.7. The molecule has 4 heteroatoms. The summed E-state index contributed by atoms with van der Waals surface area (Å²) in [5.41, 5.74) is 8.72. The molecule has 0 bridgehead atoms. The molecule has 0 fully saturated rings. The van der Waals surface area contributed by atoms with Gasteiger partial charge in [0, 0.05) is 11.1 Å². The summed E-state index contributed by atoms with van der Waals surface area (Å²) >= 11 is 3.86. The van der Waals surface area contributed by atoms with E-state index in [-0.39, 0.29) is 0 Å². The number of ether oxygens (including phenoxy) is 1. The molecule has 312 valence electrons. The molecule has 0 radical (unpaired) electrons. The van der Waals surface area contributed by atoms with Crippen LogP contribution >= 0.6 is 23.5 Å². The maximum atomic E-state index is 5.58. The predicted molar refractivity (Wildman–Crippen MR) is 263 cm³/mol. The Morgan fingerprint density at radius 1 is 0.702 bits per heavy atom. The van der Waals surface area contributed by atoms with Gasteiger partial charge in [0.05, 0.1) is 5.69 Å². The average molecular weight is 808 g/mol. The number of rotatable bonds is 14. The number of aromatic nitrogens is 1. The van der Waals surface area contributed by atoms with Crippen molar-refractivity contribution in [1.82, 2.24) is 4.98 Å². The summed E-state index contributed by atoms with van der Waals surface area (Å²) in [6.07, 6.45) is 17.2. The van der Waals surface area contributed by atoms with Gasteiger partial charge < -0.3 is 4.74 Å². The van der Waals surface area contributed by atoms with Gasteiger partial charge in [-0.2, -0.15) is 0 Å². The van der Waals surface area contributed by atoms with Crippen LogP contribution in [0.3, 0.4) is 0 Å². The lowest BCUT2D eigenvalue weighted by Gasteiger charge is -2.05. The lowest BCUT2D eigenvalue weighted by Crippen LogP contribution is -1.97. The number of pyridine rings is 1. The van der Waals surface area contributed by atoms with Crippen molar-refractivity contribution in [2.24, 2.45) is 0 Å². The summed E-state index contributed by atoms with van der Waals surface area (Å²) in [5, 5.41) is 0. The van der Waals surface area contributed by atoms with Crippen LogP contribution in [0.4, 0.5) is 0 Å². The number of hydrogen-bond donors (Lipinski definition) is 0. The van der Waals surface area contributed by atoms with Gasteiger partial charge in [0.1, 0.15) is 12.4 Å². The molecule has 4 aromatic rings. The lowest BCUT2D eigenvalue weighted by atomic mass is 10.1. The van der Waals surface area contributed by atoms with Gasteiger partial charge in [-0.3, -0.25) is 4.98 Å². The van der Waals surface area contributed by atoms with Gasteiger partial charge in [0.15, 0.2) is 0 Å². The van der Waals surface area contributed by atoms with E-state index in [0.717, 1.165) is 24.3 Å². The molecule has 4 rings (SSSR count). The molecule has 0 aliphatic carbocycles. The van der Waals surface area contributed by atoms with Crippen LogP contribution in [0.1, 0.15) is 117 Å². The van der Waals surface area contributed by atoms with E-state index in [9.17, 15) is 0 Å². The Morgan fingerprint density at radius 2 is 1.28 bits per heavy atom. The predicted octanol–water partition coefficient (Wildman–Crippen LogP) is 17.4. The number of benzene rings is 3. The molecule has 0 spiro atoms. The SMILES string of the molecule is C=C(/C=C\C(C)=C/C)CCC.CC.CCCSc1ccc(C)cc1.CCS/C(=C/C=C(C)C)CC.Cc1ccc(OCc2ccccn2)cc1.Cc1ccccc1. The van der Waals surface area contributed by atoms with Gasteiger partial charge in [-0.05, 0) is 121 Å². The Morgan fingerprint density at radius 3 is 1.74 bits per heavy atom. The molecule has 1 aromatic heterocycles. The second-order valence-electron chi connectivity index (χ2n) is 13.2. The summed E-state index contributed by atoms with van der Waals surface area (Å²) in [7, 11) is 0. The summed E-state index contributed by atoms with van der Waals surface area (Å²) < 4.78 is 5.58. The zero-order chi connectivity index (χ0) is 43.1. The Hall–Kier alpha value is -3.99. The fourth-order valence-corrected chi connectivity index (χ4v) is 5.63. The highest BCUT2D eigenvalue weighted by atomic mass is 32.2. The van der Waals surface area contributed by atoms with Crippen LogP contribution in [-0.2, 0) is 6.61 Å². The van der Waals surface area contributed by atoms with Crippen LogP contribution in [-0.4, -0.2) is 16.5 Å². The van der Waals surface area contributed by atoms with Crippen LogP contribution in [0.25, 0.3) is 0 Å². The molecule has 2 nitrogen and oxygen atoms in total. The molecule has 1 heterocycles. The molecule has 0 saturated heterocycles. The standard InChI is InChI=1S/C13H13NO.C11H18.C10H14S.C10H18S.C7H8.C2H6/c1-11-5-7-13(8-6-11)15-10-12-4-2-3-9-14-12;1-5-7-11(4)9-8-10(3)6-2;1-3-8-11-10-6-4-9(2)5-7-10;1-5-10(11-6-2)8-7-9(3)4;1-7-5-3-2-4-6-7;1-2/h2-9H,10H2,1H3;6,8-9H,4-5,7H2,1-3H3;4-7H,3,8H2,1-2H3;7-8H,5-6H2,1-4H3;2-6H,1H3;1-2H3/b;9-8-,10-6-;;10-8+;;. The van der Waals surface area contributed by atoms with Crippen molar-refractivity contribution in [2.75, 3.05) is 11.5 Å². The van der Waals surface area contributed by atoms with E-state index in [4.69, 9.17) is 4.74 Å². The maximum Gasteiger partial charge on any atom is 0.130 e. The van der Waals surface area contributed by atoms with Gasteiger partial charge in [-0.1, -0.05) is 179 Å². The topological polar surface area (TPSA) is 22.1 Å². The summed E-state index contributed by atoms with van der Waals surface area (Å²) in [6.45, 7) is 31.9. The Labute approximate surface area is 360 Å². The zero-order valence-electron chi connectivity index (χ0n) is 38.0. The first-order valence-electron chi connectivity index (χ1n) is 20.7. The van der Waals surface area contributed by atoms with E-state index in [0.29, 0.717) is 6.61 Å². The number of allylic oxidation sites excluding steroid dienone is 9. The van der Waals surface area contributed by atoms with E-state index in [2.05, 4.69) is 148 Å². The molecular formula is C53H77NOS2. The smallest absolute Gasteiger partial charge is 0.130 e. The molecule has 3 aromatic carbocycles. The highest BCUT2D eigenvalue weighted by Gasteiger charge is 1.96. The number of thioether (sulfide) groups is 2. The molecule has 0 N–H and O–H groups in total. The highest BCUT2D eigenvalue weighted by molar-refractivity contribution is 8.03. The van der Waals surface area contributed by atoms with E-state index in [1.54, 1.807) is 6.20 Å². The fourth-order valence-electron chi connectivity index (χ4n) is 4.13. The van der Waals surface area contributed by atoms with Crippen LogP contribution in [0.5, 0.6) is 5.75 Å². The number of hydrogen-bond acceptors (Lipinski definition) is 4. The van der Waals surface area contributed by atoms with Crippen LogP contribution in [0.15, 0.2) is 167 Å². The van der Waals surface area contributed by atoms with Crippen LogP contribution in [0, 0.1) is 20.8 Å². The van der Waals surface area contributed by atoms with Crippen molar-refractivity contribution in [3.63, 3.8) is 0 Å². The third-order valence-corrected chi connectivity index (χ3v) is 9.76. The van der Waals surface area contributed by atoms with Gasteiger partial charge in [-0.15, -0.1) is 23.5 Å². The Kier molecular flexibility index (Phi) is 37.6. The maximum absolute atomic E-state index is 5.58. The Bertz CT molecular complexity index is 1630. The van der Waals surface area contributed by atoms with Crippen LogP contribution < -0.4 is 4.74 Å². The molecule has 0 amide bonds. The number of nitrogens with zero attached hydrogens (tertiary/aromatic N) is 1. The summed E-state index contributed by atoms with van der Waals surface area (Å²) in [6, 6.07) is 32.8. The van der Waals surface area contributed by atoms with Crippen molar-refractivity contribution in [3.8, 4) is 5.75 Å². The van der Waals surface area contributed by atoms with Gasteiger partial charge in [0.2, 0.25) is 0 Å². The van der Waals surface area contributed by atoms with Crippen molar-refractivity contribution >= 4 is 23.5 Å². The minimum atomic E-state index is 0.518. The van der Waals surface area contributed by atoms with E-state index in [1.807, 2.05) is 105 Å². The first kappa shape index (κ1) is 55.1. The van der Waals surface area contributed by atoms with Crippen molar-refractivity contribution < 1.29 is 4.74 Å². The lowest BCUT2D eigenvalue weighted by molar-refractivity contribution is 0.301. The minimum absolute atomic E-state index is 0.518. The van der Waals surface area contributed by atoms with E-state index < -0.39 is 0 Å². The van der Waals surface area contributed by atoms with Gasteiger partial charge in [0.25, 0.3) is 0 Å². The molecule has 0 aliphatic heterocycles.